The normalized spacial score (nSPS) is 15.7. The lowest BCUT2D eigenvalue weighted by Crippen LogP contribution is -2.52. The predicted molar refractivity (Wildman–Crippen MR) is 235 cm³/mol. The second kappa shape index (κ2) is 13.8. The molecule has 1 aliphatic heterocycles. The quantitative estimate of drug-likeness (QED) is 0.168. The van der Waals surface area contributed by atoms with Gasteiger partial charge in [0.25, 0.3) is 0 Å². The molecule has 1 atom stereocenters. The number of fused-ring (bicyclic) bond motifs is 4. The summed E-state index contributed by atoms with van der Waals surface area (Å²) in [5.74, 6) is 0. The van der Waals surface area contributed by atoms with Crippen molar-refractivity contribution in [3.8, 4) is 33.4 Å². The molecule has 0 aliphatic carbocycles. The fraction of sp³-hybridized carbons (Fsp3) is 0.0755. The van der Waals surface area contributed by atoms with Crippen LogP contribution in [0.3, 0.4) is 0 Å². The molecule has 0 saturated heterocycles. The van der Waals surface area contributed by atoms with Crippen LogP contribution in [-0.4, -0.2) is 11.7 Å². The zero-order valence-electron chi connectivity index (χ0n) is 31.6. The van der Waals surface area contributed by atoms with E-state index in [1.165, 1.54) is 66.1 Å². The summed E-state index contributed by atoms with van der Waals surface area (Å²) in [6.45, 7) is 5.09. The van der Waals surface area contributed by atoms with Crippen molar-refractivity contribution >= 4 is 38.1 Å². The van der Waals surface area contributed by atoms with Gasteiger partial charge in [0.05, 0.1) is 17.7 Å². The molecular formula is C53H41N3. The molecule has 0 spiro atoms. The molecule has 2 heterocycles. The fourth-order valence-corrected chi connectivity index (χ4v) is 8.92. The number of hydrogen-bond donors (Lipinski definition) is 2. The summed E-state index contributed by atoms with van der Waals surface area (Å²) in [5, 5.41) is 14.0. The Morgan fingerprint density at radius 1 is 0.464 bits per heavy atom. The summed E-state index contributed by atoms with van der Waals surface area (Å²) in [6, 6.07) is 66.3. The average Bonchev–Trinajstić information content (AvgIpc) is 3.26. The highest BCUT2D eigenvalue weighted by atomic mass is 15.1. The molecule has 10 rings (SSSR count). The number of rotatable bonds is 6. The lowest BCUT2D eigenvalue weighted by molar-refractivity contribution is 0.434. The molecule has 0 amide bonds. The Morgan fingerprint density at radius 2 is 1.14 bits per heavy atom. The monoisotopic (exact) mass is 719 g/mol. The average molecular weight is 720 g/mol. The molecule has 8 aromatic carbocycles. The SMILES string of the molecule is CC1=C(c2ccccc2C)NCNC1(c1cccc(-c2ccccc2)c1)c1cc(-c2cnc3ccccc3c2)cc(-c2cc3ccccc3c3ccccc23)c1. The zero-order valence-corrected chi connectivity index (χ0v) is 31.6. The molecule has 268 valence electrons. The van der Waals surface area contributed by atoms with Gasteiger partial charge in [-0.15, -0.1) is 0 Å². The van der Waals surface area contributed by atoms with Gasteiger partial charge in [0.2, 0.25) is 0 Å². The Morgan fingerprint density at radius 3 is 2.00 bits per heavy atom. The van der Waals surface area contributed by atoms with Gasteiger partial charge in [-0.2, -0.15) is 0 Å². The minimum atomic E-state index is -0.685. The van der Waals surface area contributed by atoms with Crippen LogP contribution in [-0.2, 0) is 5.54 Å². The number of benzene rings is 8. The highest BCUT2D eigenvalue weighted by Gasteiger charge is 2.41. The molecule has 0 fully saturated rings. The Labute approximate surface area is 328 Å². The summed E-state index contributed by atoms with van der Waals surface area (Å²) >= 11 is 0. The number of hydrogen-bond acceptors (Lipinski definition) is 3. The first-order valence-corrected chi connectivity index (χ1v) is 19.4. The smallest absolute Gasteiger partial charge is 0.0941 e. The van der Waals surface area contributed by atoms with Crippen LogP contribution in [0, 0.1) is 6.92 Å². The van der Waals surface area contributed by atoms with E-state index >= 15 is 0 Å². The molecule has 0 saturated carbocycles. The van der Waals surface area contributed by atoms with Crippen molar-refractivity contribution in [1.82, 2.24) is 15.6 Å². The number of para-hydroxylation sites is 1. The number of pyridine rings is 1. The number of aromatic nitrogens is 1. The van der Waals surface area contributed by atoms with Crippen molar-refractivity contribution in [2.45, 2.75) is 19.4 Å². The third-order valence-electron chi connectivity index (χ3n) is 11.7. The van der Waals surface area contributed by atoms with Gasteiger partial charge >= 0.3 is 0 Å². The summed E-state index contributed by atoms with van der Waals surface area (Å²) in [7, 11) is 0. The van der Waals surface area contributed by atoms with Gasteiger partial charge in [-0.3, -0.25) is 10.3 Å². The van der Waals surface area contributed by atoms with Crippen molar-refractivity contribution in [3.63, 3.8) is 0 Å². The molecular weight excluding hydrogens is 679 g/mol. The second-order valence-electron chi connectivity index (χ2n) is 14.9. The first kappa shape index (κ1) is 33.7. The van der Waals surface area contributed by atoms with Crippen LogP contribution in [0.2, 0.25) is 0 Å². The second-order valence-corrected chi connectivity index (χ2v) is 14.9. The molecule has 1 unspecified atom stereocenters. The minimum Gasteiger partial charge on any atom is -0.372 e. The van der Waals surface area contributed by atoms with Crippen LogP contribution in [0.4, 0.5) is 0 Å². The number of nitrogens with zero attached hydrogens (tertiary/aromatic N) is 1. The van der Waals surface area contributed by atoms with Gasteiger partial charge in [-0.1, -0.05) is 140 Å². The van der Waals surface area contributed by atoms with E-state index in [-0.39, 0.29) is 0 Å². The number of nitrogens with one attached hydrogen (secondary N) is 2. The molecule has 9 aromatic rings. The summed E-state index contributed by atoms with van der Waals surface area (Å²) in [4.78, 5) is 4.96. The summed E-state index contributed by atoms with van der Waals surface area (Å²) < 4.78 is 0. The third-order valence-corrected chi connectivity index (χ3v) is 11.7. The Bertz CT molecular complexity index is 2980. The standard InChI is InChI=1S/C53H41N3/c1-35-15-6-9-22-46(35)52-36(2)53(56-34-55-52,44-21-14-20-38(29-44)37-16-4-3-5-17-37)45-30-41(43-27-40-19-8-13-26-51(40)54-33-43)28-42(31-45)50-32-39-18-7-10-23-47(39)48-24-11-12-25-49(48)50/h3-33,55-56H,34H2,1-2H3. The Balaban J connectivity index is 1.30. The van der Waals surface area contributed by atoms with E-state index in [4.69, 9.17) is 4.98 Å². The highest BCUT2D eigenvalue weighted by Crippen LogP contribution is 2.46. The predicted octanol–water partition coefficient (Wildman–Crippen LogP) is 12.7. The van der Waals surface area contributed by atoms with Crippen molar-refractivity contribution in [2.75, 3.05) is 6.67 Å². The van der Waals surface area contributed by atoms with Gasteiger partial charge in [-0.25, -0.2) is 0 Å². The highest BCUT2D eigenvalue weighted by molar-refractivity contribution is 6.14. The van der Waals surface area contributed by atoms with Crippen LogP contribution in [0.1, 0.15) is 29.2 Å². The van der Waals surface area contributed by atoms with Crippen LogP contribution >= 0.6 is 0 Å². The lowest BCUT2D eigenvalue weighted by Gasteiger charge is -2.43. The largest absolute Gasteiger partial charge is 0.372 e. The molecule has 3 nitrogen and oxygen atoms in total. The van der Waals surface area contributed by atoms with Gasteiger partial charge in [0.15, 0.2) is 0 Å². The van der Waals surface area contributed by atoms with E-state index in [0.717, 1.165) is 33.3 Å². The van der Waals surface area contributed by atoms with Gasteiger partial charge in [0, 0.05) is 28.4 Å². The van der Waals surface area contributed by atoms with Crippen molar-refractivity contribution in [3.05, 3.63) is 216 Å². The van der Waals surface area contributed by atoms with Crippen molar-refractivity contribution < 1.29 is 0 Å². The molecule has 0 bridgehead atoms. The van der Waals surface area contributed by atoms with E-state index in [1.807, 2.05) is 6.20 Å². The van der Waals surface area contributed by atoms with Crippen LogP contribution < -0.4 is 10.6 Å². The van der Waals surface area contributed by atoms with Crippen molar-refractivity contribution in [1.29, 1.82) is 0 Å². The maximum absolute atomic E-state index is 4.96. The lowest BCUT2D eigenvalue weighted by atomic mass is 9.73. The molecule has 0 radical (unpaired) electrons. The van der Waals surface area contributed by atoms with Crippen LogP contribution in [0.25, 0.3) is 71.5 Å². The third kappa shape index (κ3) is 5.68. The first-order chi connectivity index (χ1) is 27.6. The summed E-state index contributed by atoms with van der Waals surface area (Å²) in [6.07, 6.45) is 2.03. The van der Waals surface area contributed by atoms with E-state index in [2.05, 4.69) is 206 Å². The molecule has 2 N–H and O–H groups in total. The minimum absolute atomic E-state index is 0.590. The number of aryl methyl sites for hydroxylation is 1. The fourth-order valence-electron chi connectivity index (χ4n) is 8.92. The first-order valence-electron chi connectivity index (χ1n) is 19.4. The topological polar surface area (TPSA) is 37.0 Å². The zero-order chi connectivity index (χ0) is 37.6. The van der Waals surface area contributed by atoms with E-state index in [1.54, 1.807) is 0 Å². The molecule has 1 aliphatic rings. The van der Waals surface area contributed by atoms with Gasteiger partial charge < -0.3 is 5.32 Å². The maximum atomic E-state index is 4.96. The van der Waals surface area contributed by atoms with E-state index in [9.17, 15) is 0 Å². The Kier molecular flexibility index (Phi) is 8.31. The maximum Gasteiger partial charge on any atom is 0.0941 e. The van der Waals surface area contributed by atoms with E-state index < -0.39 is 5.54 Å². The van der Waals surface area contributed by atoms with Gasteiger partial charge in [-0.05, 0) is 128 Å². The van der Waals surface area contributed by atoms with Gasteiger partial charge in [0.1, 0.15) is 0 Å². The molecule has 56 heavy (non-hydrogen) atoms. The summed E-state index contributed by atoms with van der Waals surface area (Å²) in [5.41, 5.74) is 14.4. The Hall–Kier alpha value is -6.81. The van der Waals surface area contributed by atoms with E-state index in [0.29, 0.717) is 6.67 Å². The molecule has 3 heteroatoms. The molecule has 1 aromatic heterocycles. The van der Waals surface area contributed by atoms with Crippen LogP contribution in [0.5, 0.6) is 0 Å². The van der Waals surface area contributed by atoms with Crippen LogP contribution in [0.15, 0.2) is 194 Å². The van der Waals surface area contributed by atoms with Crippen molar-refractivity contribution in [2.24, 2.45) is 0 Å².